The van der Waals surface area contributed by atoms with Gasteiger partial charge in [-0.05, 0) is 30.5 Å². The van der Waals surface area contributed by atoms with Gasteiger partial charge >= 0.3 is 0 Å². The third-order valence-electron chi connectivity index (χ3n) is 2.82. The molecule has 1 aliphatic rings. The topological polar surface area (TPSA) is 67.8 Å². The van der Waals surface area contributed by atoms with Crippen molar-refractivity contribution in [2.45, 2.75) is 19.3 Å². The lowest BCUT2D eigenvalue weighted by Crippen LogP contribution is -2.13. The first-order valence-electron chi connectivity index (χ1n) is 5.61. The number of ether oxygens (including phenoxy) is 1. The van der Waals surface area contributed by atoms with E-state index in [9.17, 15) is 0 Å². The number of halogens is 1. The molecule has 17 heavy (non-hydrogen) atoms. The second-order valence-electron chi connectivity index (χ2n) is 4.21. The van der Waals surface area contributed by atoms with Crippen molar-refractivity contribution in [3.8, 4) is 5.75 Å². The van der Waals surface area contributed by atoms with Crippen LogP contribution in [0, 0.1) is 5.92 Å². The van der Waals surface area contributed by atoms with Gasteiger partial charge in [0.1, 0.15) is 5.75 Å². The van der Waals surface area contributed by atoms with Crippen molar-refractivity contribution >= 4 is 17.4 Å². The summed E-state index contributed by atoms with van der Waals surface area (Å²) >= 11 is 6.04. The molecule has 0 unspecified atom stereocenters. The lowest BCUT2D eigenvalue weighted by Gasteiger charge is -2.08. The maximum atomic E-state index is 8.55. The van der Waals surface area contributed by atoms with Gasteiger partial charge in [-0.15, -0.1) is 0 Å². The van der Waals surface area contributed by atoms with Gasteiger partial charge in [0.25, 0.3) is 0 Å². The summed E-state index contributed by atoms with van der Waals surface area (Å²) in [6.45, 7) is 0.688. The summed E-state index contributed by atoms with van der Waals surface area (Å²) < 4.78 is 5.58. The van der Waals surface area contributed by atoms with Crippen LogP contribution in [0.5, 0.6) is 5.75 Å². The van der Waals surface area contributed by atoms with Crippen molar-refractivity contribution in [2.24, 2.45) is 16.8 Å². The van der Waals surface area contributed by atoms with Crippen LogP contribution in [-0.4, -0.2) is 17.6 Å². The molecule has 1 aromatic rings. The summed E-state index contributed by atoms with van der Waals surface area (Å²) in [5, 5.41) is 11.9. The Bertz CT molecular complexity index is 431. The van der Waals surface area contributed by atoms with E-state index >= 15 is 0 Å². The maximum absolute atomic E-state index is 8.55. The van der Waals surface area contributed by atoms with Crippen molar-refractivity contribution in [3.63, 3.8) is 0 Å². The van der Waals surface area contributed by atoms with Gasteiger partial charge < -0.3 is 15.7 Å². The quantitative estimate of drug-likeness (QED) is 0.367. The molecule has 0 spiro atoms. The minimum Gasteiger partial charge on any atom is -0.492 e. The zero-order valence-electron chi connectivity index (χ0n) is 9.40. The Labute approximate surface area is 105 Å². The summed E-state index contributed by atoms with van der Waals surface area (Å²) in [5.41, 5.74) is 6.04. The van der Waals surface area contributed by atoms with E-state index in [2.05, 4.69) is 5.16 Å². The fourth-order valence-corrected chi connectivity index (χ4v) is 1.81. The molecule has 1 fully saturated rings. The van der Waals surface area contributed by atoms with E-state index in [1.165, 1.54) is 12.8 Å². The van der Waals surface area contributed by atoms with Gasteiger partial charge in [0.05, 0.1) is 11.6 Å². The van der Waals surface area contributed by atoms with Gasteiger partial charge in [0.2, 0.25) is 0 Å². The molecule has 0 heterocycles. The molecule has 3 N–H and O–H groups in total. The van der Waals surface area contributed by atoms with Crippen LogP contribution in [0.1, 0.15) is 24.8 Å². The lowest BCUT2D eigenvalue weighted by atomic mass is 10.2. The van der Waals surface area contributed by atoms with E-state index in [0.29, 0.717) is 22.9 Å². The van der Waals surface area contributed by atoms with Crippen molar-refractivity contribution in [1.82, 2.24) is 0 Å². The first-order valence-corrected chi connectivity index (χ1v) is 5.98. The number of amidine groups is 1. The minimum atomic E-state index is 0.0384. The molecule has 0 aromatic heterocycles. The molecular weight excluding hydrogens is 240 g/mol. The van der Waals surface area contributed by atoms with E-state index in [0.717, 1.165) is 12.3 Å². The Morgan fingerprint density at radius 1 is 1.53 bits per heavy atom. The fraction of sp³-hybridized carbons (Fsp3) is 0.417. The van der Waals surface area contributed by atoms with Crippen LogP contribution in [0.15, 0.2) is 23.4 Å². The highest BCUT2D eigenvalue weighted by Gasteiger charge is 2.20. The molecule has 4 nitrogen and oxygen atoms in total. The zero-order valence-corrected chi connectivity index (χ0v) is 10.2. The normalized spacial score (nSPS) is 15.9. The summed E-state index contributed by atoms with van der Waals surface area (Å²) in [6.07, 6.45) is 3.72. The lowest BCUT2D eigenvalue weighted by molar-refractivity contribution is 0.302. The van der Waals surface area contributed by atoms with Gasteiger partial charge in [-0.25, -0.2) is 0 Å². The molecule has 2 rings (SSSR count). The molecule has 1 aromatic carbocycles. The second-order valence-corrected chi connectivity index (χ2v) is 4.62. The van der Waals surface area contributed by atoms with E-state index in [1.807, 2.05) is 0 Å². The Morgan fingerprint density at radius 3 is 2.88 bits per heavy atom. The van der Waals surface area contributed by atoms with E-state index in [4.69, 9.17) is 27.3 Å². The molecule has 0 radical (unpaired) electrons. The van der Waals surface area contributed by atoms with Crippen molar-refractivity contribution in [1.29, 1.82) is 0 Å². The number of oxime groups is 1. The predicted molar refractivity (Wildman–Crippen MR) is 66.8 cm³/mol. The van der Waals surface area contributed by atoms with Crippen LogP contribution in [0.3, 0.4) is 0 Å². The largest absolute Gasteiger partial charge is 0.492 e. The van der Waals surface area contributed by atoms with Crippen molar-refractivity contribution < 1.29 is 9.94 Å². The number of rotatable bonds is 5. The summed E-state index contributed by atoms with van der Waals surface area (Å²) in [7, 11) is 0. The standard InChI is InChI=1S/C12H15ClN2O2/c13-10-7-9(12(14)15-16)3-4-11(10)17-6-5-8-1-2-8/h3-4,7-8,16H,1-2,5-6H2,(H2,14,15). The Hall–Kier alpha value is -1.42. The predicted octanol–water partition coefficient (Wildman–Crippen LogP) is 2.61. The highest BCUT2D eigenvalue weighted by Crippen LogP contribution is 2.33. The third-order valence-corrected chi connectivity index (χ3v) is 3.11. The summed E-state index contributed by atoms with van der Waals surface area (Å²) in [5.74, 6) is 1.52. The SMILES string of the molecule is N/C(=N/O)c1ccc(OCCC2CC2)c(Cl)c1. The number of nitrogens with two attached hydrogens (primary N) is 1. The second kappa shape index (κ2) is 5.27. The highest BCUT2D eigenvalue weighted by atomic mass is 35.5. The molecule has 0 amide bonds. The van der Waals surface area contributed by atoms with Crippen molar-refractivity contribution in [2.75, 3.05) is 6.61 Å². The fourth-order valence-electron chi connectivity index (χ4n) is 1.58. The number of hydrogen-bond acceptors (Lipinski definition) is 3. The Kier molecular flexibility index (Phi) is 3.74. The molecule has 1 saturated carbocycles. The van der Waals surface area contributed by atoms with Crippen LogP contribution in [0.4, 0.5) is 0 Å². The monoisotopic (exact) mass is 254 g/mol. The third kappa shape index (κ3) is 3.27. The van der Waals surface area contributed by atoms with Crippen LogP contribution < -0.4 is 10.5 Å². The first kappa shape index (κ1) is 12.0. The Morgan fingerprint density at radius 2 is 2.29 bits per heavy atom. The highest BCUT2D eigenvalue weighted by molar-refractivity contribution is 6.32. The van der Waals surface area contributed by atoms with Crippen LogP contribution in [0.2, 0.25) is 5.02 Å². The average Bonchev–Trinajstić information content (AvgIpc) is 3.14. The van der Waals surface area contributed by atoms with Crippen LogP contribution in [0.25, 0.3) is 0 Å². The molecule has 0 bridgehead atoms. The summed E-state index contributed by atoms with van der Waals surface area (Å²) in [6, 6.07) is 5.08. The average molecular weight is 255 g/mol. The summed E-state index contributed by atoms with van der Waals surface area (Å²) in [4.78, 5) is 0. The van der Waals surface area contributed by atoms with E-state index in [-0.39, 0.29) is 5.84 Å². The maximum Gasteiger partial charge on any atom is 0.170 e. The van der Waals surface area contributed by atoms with E-state index in [1.54, 1.807) is 18.2 Å². The number of nitrogens with zero attached hydrogens (tertiary/aromatic N) is 1. The zero-order chi connectivity index (χ0) is 12.3. The van der Waals surface area contributed by atoms with Gasteiger partial charge in [-0.1, -0.05) is 29.6 Å². The van der Waals surface area contributed by atoms with Crippen molar-refractivity contribution in [3.05, 3.63) is 28.8 Å². The van der Waals surface area contributed by atoms with Gasteiger partial charge in [0.15, 0.2) is 5.84 Å². The molecule has 0 aliphatic heterocycles. The molecule has 92 valence electrons. The molecular formula is C12H15ClN2O2. The smallest absolute Gasteiger partial charge is 0.170 e. The Balaban J connectivity index is 1.97. The number of hydrogen-bond donors (Lipinski definition) is 2. The molecule has 0 atom stereocenters. The van der Waals surface area contributed by atoms with E-state index < -0.39 is 0 Å². The van der Waals surface area contributed by atoms with Gasteiger partial charge in [0, 0.05) is 5.56 Å². The van der Waals surface area contributed by atoms with Crippen LogP contribution in [-0.2, 0) is 0 Å². The van der Waals surface area contributed by atoms with Gasteiger partial charge in [-0.3, -0.25) is 0 Å². The van der Waals surface area contributed by atoms with Crippen LogP contribution >= 0.6 is 11.6 Å². The van der Waals surface area contributed by atoms with Gasteiger partial charge in [-0.2, -0.15) is 0 Å². The first-order chi connectivity index (χ1) is 8.20. The molecule has 0 saturated heterocycles. The number of benzene rings is 1. The molecule has 1 aliphatic carbocycles. The minimum absolute atomic E-state index is 0.0384. The molecule has 5 heteroatoms.